The number of pyridine rings is 1. The highest BCUT2D eigenvalue weighted by atomic mass is 16.5. The van der Waals surface area contributed by atoms with Crippen LogP contribution in [0.25, 0.3) is 0 Å². The third kappa shape index (κ3) is 6.25. The first kappa shape index (κ1) is 20.7. The number of rotatable bonds is 5. The lowest BCUT2D eigenvalue weighted by Crippen LogP contribution is -2.59. The van der Waals surface area contributed by atoms with Crippen molar-refractivity contribution < 1.29 is 24.5 Å². The number of carbonyl (C=O) groups is 2. The van der Waals surface area contributed by atoms with Crippen LogP contribution in [0.4, 0.5) is 5.69 Å². The van der Waals surface area contributed by atoms with Crippen molar-refractivity contribution in [3.8, 4) is 5.75 Å². The van der Waals surface area contributed by atoms with Crippen LogP contribution in [0.15, 0.2) is 30.6 Å². The van der Waals surface area contributed by atoms with Gasteiger partial charge in [-0.3, -0.25) is 9.88 Å². The highest BCUT2D eigenvalue weighted by molar-refractivity contribution is 5.89. The minimum atomic E-state index is -1.26. The maximum Gasteiger partial charge on any atom is 0.328 e. The van der Waals surface area contributed by atoms with Gasteiger partial charge in [-0.1, -0.05) is 6.42 Å². The van der Waals surface area contributed by atoms with E-state index in [-0.39, 0.29) is 0 Å². The van der Waals surface area contributed by atoms with Crippen LogP contribution in [-0.4, -0.2) is 70.9 Å². The summed E-state index contributed by atoms with van der Waals surface area (Å²) in [7, 11) is 2.28. The second-order valence-corrected chi connectivity index (χ2v) is 6.63. The zero-order valence-corrected chi connectivity index (χ0v) is 15.7. The summed E-state index contributed by atoms with van der Waals surface area (Å²) in [5, 5.41) is 15.6. The van der Waals surface area contributed by atoms with Crippen molar-refractivity contribution in [3.05, 3.63) is 30.6 Å². The molecule has 1 aromatic rings. The number of fused-ring (bicyclic) bond motifs is 2. The standard InChI is InChI=1S/C15H23N3O.C4H4O4/c1-3-19-15-7-14(8-16-9-15)18-10-12-5-4-6-13(11-18)17(12)2;5-3(6)1-2-4(7)8/h7-9,12-13H,3-6,10-11H2,1-2H3;1-2H,(H,5,6)(H,7,8)/b;2-1+. The Hall–Kier alpha value is -2.61. The fraction of sp³-hybridized carbons (Fsp3) is 0.526. The van der Waals surface area contributed by atoms with E-state index in [4.69, 9.17) is 14.9 Å². The number of piperidine rings is 1. The molecule has 0 radical (unpaired) electrons. The van der Waals surface area contributed by atoms with Gasteiger partial charge in [0.1, 0.15) is 5.75 Å². The molecule has 0 amide bonds. The van der Waals surface area contributed by atoms with Crippen LogP contribution in [0.1, 0.15) is 26.2 Å². The Kier molecular flexibility index (Phi) is 7.60. The van der Waals surface area contributed by atoms with Gasteiger partial charge in [0.2, 0.25) is 0 Å². The predicted molar refractivity (Wildman–Crippen MR) is 101 cm³/mol. The van der Waals surface area contributed by atoms with E-state index >= 15 is 0 Å². The summed E-state index contributed by atoms with van der Waals surface area (Å²) in [5.74, 6) is -1.64. The number of hydrogen-bond donors (Lipinski definition) is 2. The van der Waals surface area contributed by atoms with Crippen LogP contribution in [0.3, 0.4) is 0 Å². The van der Waals surface area contributed by atoms with Crippen LogP contribution in [-0.2, 0) is 9.59 Å². The van der Waals surface area contributed by atoms with Gasteiger partial charge in [-0.15, -0.1) is 0 Å². The van der Waals surface area contributed by atoms with Gasteiger partial charge >= 0.3 is 11.9 Å². The smallest absolute Gasteiger partial charge is 0.328 e. The average molecular weight is 377 g/mol. The third-order valence-corrected chi connectivity index (χ3v) is 4.83. The van der Waals surface area contributed by atoms with E-state index < -0.39 is 11.9 Å². The van der Waals surface area contributed by atoms with Gasteiger partial charge in [-0.25, -0.2) is 9.59 Å². The largest absolute Gasteiger partial charge is 0.492 e. The molecule has 2 atom stereocenters. The van der Waals surface area contributed by atoms with Crippen LogP contribution in [0, 0.1) is 0 Å². The van der Waals surface area contributed by atoms with Gasteiger partial charge < -0.3 is 19.8 Å². The maximum atomic E-state index is 9.55. The summed E-state index contributed by atoms with van der Waals surface area (Å²) in [5.41, 5.74) is 1.20. The Morgan fingerprint density at radius 2 is 1.78 bits per heavy atom. The lowest BCUT2D eigenvalue weighted by Gasteiger charge is -2.49. The topological polar surface area (TPSA) is 103 Å². The molecule has 148 valence electrons. The highest BCUT2D eigenvalue weighted by Gasteiger charge is 2.35. The minimum absolute atomic E-state index is 0.558. The van der Waals surface area contributed by atoms with E-state index in [1.165, 1.54) is 24.9 Å². The number of anilines is 1. The van der Waals surface area contributed by atoms with E-state index in [0.717, 1.165) is 18.8 Å². The van der Waals surface area contributed by atoms with E-state index in [0.29, 0.717) is 30.8 Å². The molecule has 2 saturated heterocycles. The van der Waals surface area contributed by atoms with Crippen LogP contribution >= 0.6 is 0 Å². The molecule has 27 heavy (non-hydrogen) atoms. The van der Waals surface area contributed by atoms with Gasteiger partial charge in [0.25, 0.3) is 0 Å². The van der Waals surface area contributed by atoms with E-state index in [2.05, 4.69) is 27.9 Å². The van der Waals surface area contributed by atoms with E-state index in [1.54, 1.807) is 6.20 Å². The molecular formula is C19H27N3O5. The molecule has 0 aromatic carbocycles. The summed E-state index contributed by atoms with van der Waals surface area (Å²) < 4.78 is 5.55. The van der Waals surface area contributed by atoms with Crippen LogP contribution in [0.2, 0.25) is 0 Å². The monoisotopic (exact) mass is 377 g/mol. The van der Waals surface area contributed by atoms with Gasteiger partial charge in [0, 0.05) is 43.4 Å². The molecule has 0 saturated carbocycles. The predicted octanol–water partition coefficient (Wildman–Crippen LogP) is 1.86. The first-order valence-electron chi connectivity index (χ1n) is 9.09. The fourth-order valence-corrected chi connectivity index (χ4v) is 3.50. The number of nitrogens with zero attached hydrogens (tertiary/aromatic N) is 3. The maximum absolute atomic E-state index is 9.55. The third-order valence-electron chi connectivity index (χ3n) is 4.83. The molecule has 8 heteroatoms. The Morgan fingerprint density at radius 3 is 2.30 bits per heavy atom. The number of carboxylic acids is 2. The molecule has 2 fully saturated rings. The van der Waals surface area contributed by atoms with Gasteiger partial charge in [0.05, 0.1) is 24.7 Å². The summed E-state index contributed by atoms with van der Waals surface area (Å²) in [6.07, 6.45) is 8.90. The van der Waals surface area contributed by atoms with E-state index in [1.807, 2.05) is 13.1 Å². The van der Waals surface area contributed by atoms with Crippen LogP contribution < -0.4 is 9.64 Å². The first-order chi connectivity index (χ1) is 12.9. The molecule has 3 rings (SSSR count). The second-order valence-electron chi connectivity index (χ2n) is 6.63. The summed E-state index contributed by atoms with van der Waals surface area (Å²) in [4.78, 5) is 28.5. The quantitative estimate of drug-likeness (QED) is 0.750. The average Bonchev–Trinajstić information content (AvgIpc) is 2.61. The number of carboxylic acid groups (broad SMARTS) is 2. The Balaban J connectivity index is 0.000000279. The molecule has 0 aliphatic carbocycles. The summed E-state index contributed by atoms with van der Waals surface area (Å²) >= 11 is 0. The van der Waals surface area contributed by atoms with Crippen molar-refractivity contribution in [1.29, 1.82) is 0 Å². The molecule has 2 N–H and O–H groups in total. The molecular weight excluding hydrogens is 350 g/mol. The Morgan fingerprint density at radius 1 is 1.19 bits per heavy atom. The Bertz CT molecular complexity index is 649. The zero-order chi connectivity index (χ0) is 19.8. The normalized spacial score (nSPS) is 22.1. The lowest BCUT2D eigenvalue weighted by molar-refractivity contribution is -0.134. The minimum Gasteiger partial charge on any atom is -0.492 e. The molecule has 1 aromatic heterocycles. The molecule has 0 spiro atoms. The highest BCUT2D eigenvalue weighted by Crippen LogP contribution is 2.30. The zero-order valence-electron chi connectivity index (χ0n) is 15.7. The van der Waals surface area contributed by atoms with Gasteiger partial charge in [-0.2, -0.15) is 0 Å². The fourth-order valence-electron chi connectivity index (χ4n) is 3.50. The van der Waals surface area contributed by atoms with Crippen molar-refractivity contribution in [3.63, 3.8) is 0 Å². The molecule has 2 unspecified atom stereocenters. The van der Waals surface area contributed by atoms with Crippen molar-refractivity contribution >= 4 is 17.6 Å². The van der Waals surface area contributed by atoms with E-state index in [9.17, 15) is 9.59 Å². The molecule has 2 aliphatic rings. The van der Waals surface area contributed by atoms with Crippen molar-refractivity contribution in [1.82, 2.24) is 9.88 Å². The molecule has 8 nitrogen and oxygen atoms in total. The SMILES string of the molecule is CCOc1cncc(N2CC3CCCC(C2)N3C)c1.O=C(O)/C=C/C(=O)O. The number of aliphatic carboxylic acids is 2. The number of ether oxygens (including phenoxy) is 1. The van der Waals surface area contributed by atoms with Crippen molar-refractivity contribution in [2.24, 2.45) is 0 Å². The van der Waals surface area contributed by atoms with Gasteiger partial charge in [-0.05, 0) is 26.8 Å². The summed E-state index contributed by atoms with van der Waals surface area (Å²) in [6.45, 7) is 4.93. The number of piperazine rings is 1. The van der Waals surface area contributed by atoms with Crippen molar-refractivity contribution in [2.75, 3.05) is 31.6 Å². The van der Waals surface area contributed by atoms with Crippen molar-refractivity contribution in [2.45, 2.75) is 38.3 Å². The number of likely N-dealkylation sites (N-methyl/N-ethyl adjacent to an activating group) is 1. The van der Waals surface area contributed by atoms with Crippen LogP contribution in [0.5, 0.6) is 5.75 Å². The molecule has 2 bridgehead atoms. The summed E-state index contributed by atoms with van der Waals surface area (Å²) in [6, 6.07) is 3.52. The lowest BCUT2D eigenvalue weighted by atomic mass is 9.92. The first-order valence-corrected chi connectivity index (χ1v) is 9.09. The number of aromatic nitrogens is 1. The molecule has 2 aliphatic heterocycles. The molecule has 3 heterocycles. The van der Waals surface area contributed by atoms with Gasteiger partial charge in [0.15, 0.2) is 0 Å². The Labute approximate surface area is 159 Å². The number of hydrogen-bond acceptors (Lipinski definition) is 6. The second kappa shape index (κ2) is 9.91.